The predicted molar refractivity (Wildman–Crippen MR) is 109 cm³/mol. The molecule has 0 spiro atoms. The number of nitrogens with one attached hydrogen (secondary N) is 1. The second kappa shape index (κ2) is 9.77. The zero-order valence-corrected chi connectivity index (χ0v) is 17.7. The molecule has 28 heavy (non-hydrogen) atoms. The van der Waals surface area contributed by atoms with Crippen molar-refractivity contribution >= 4 is 10.0 Å². The third-order valence-corrected chi connectivity index (χ3v) is 5.77. The summed E-state index contributed by atoms with van der Waals surface area (Å²) in [5.74, 6) is 1.86. The van der Waals surface area contributed by atoms with Crippen LogP contribution in [-0.2, 0) is 10.0 Å². The van der Waals surface area contributed by atoms with E-state index in [1.54, 1.807) is 26.4 Å². The lowest BCUT2D eigenvalue weighted by Gasteiger charge is -2.25. The van der Waals surface area contributed by atoms with E-state index in [1.807, 2.05) is 44.1 Å². The van der Waals surface area contributed by atoms with Gasteiger partial charge in [-0.1, -0.05) is 6.07 Å². The van der Waals surface area contributed by atoms with E-state index in [0.29, 0.717) is 23.9 Å². The average Bonchev–Trinajstić information content (AvgIpc) is 2.68. The Morgan fingerprint density at radius 1 is 1.00 bits per heavy atom. The number of methoxy groups -OCH3 is 2. The Morgan fingerprint density at radius 2 is 1.64 bits per heavy atom. The first kappa shape index (κ1) is 22.0. The van der Waals surface area contributed by atoms with Crippen LogP contribution in [0.4, 0.5) is 0 Å². The van der Waals surface area contributed by atoms with Gasteiger partial charge in [0.15, 0.2) is 11.5 Å². The van der Waals surface area contributed by atoms with Crippen LogP contribution in [0.3, 0.4) is 0 Å². The minimum Gasteiger partial charge on any atom is -0.494 e. The molecule has 1 N–H and O–H groups in total. The number of ether oxygens (including phenoxy) is 3. The molecule has 0 unspecified atom stereocenters. The summed E-state index contributed by atoms with van der Waals surface area (Å²) in [4.78, 5) is 2.14. The van der Waals surface area contributed by atoms with Crippen LogP contribution in [0, 0.1) is 0 Å². The molecule has 0 saturated heterocycles. The smallest absolute Gasteiger partial charge is 0.240 e. The van der Waals surface area contributed by atoms with Gasteiger partial charge in [-0.25, -0.2) is 13.1 Å². The number of hydrogen-bond donors (Lipinski definition) is 1. The van der Waals surface area contributed by atoms with Crippen molar-refractivity contribution in [3.8, 4) is 17.2 Å². The van der Waals surface area contributed by atoms with E-state index in [1.165, 1.54) is 12.1 Å². The fraction of sp³-hybridized carbons (Fsp3) is 0.400. The van der Waals surface area contributed by atoms with E-state index >= 15 is 0 Å². The first-order valence-corrected chi connectivity index (χ1v) is 10.4. The second-order valence-electron chi connectivity index (χ2n) is 6.35. The quantitative estimate of drug-likeness (QED) is 0.651. The van der Waals surface area contributed by atoms with Gasteiger partial charge in [-0.3, -0.25) is 0 Å². The molecule has 0 saturated carbocycles. The van der Waals surface area contributed by atoms with Crippen molar-refractivity contribution in [3.05, 3.63) is 48.0 Å². The Morgan fingerprint density at radius 3 is 2.18 bits per heavy atom. The molecule has 1 atom stereocenters. The molecule has 0 aliphatic heterocycles. The molecule has 0 amide bonds. The Bertz CT molecular complexity index is 867. The number of hydrogen-bond acceptors (Lipinski definition) is 6. The topological polar surface area (TPSA) is 77.1 Å². The molecule has 7 nitrogen and oxygen atoms in total. The summed E-state index contributed by atoms with van der Waals surface area (Å²) in [5, 5.41) is 0. The molecule has 0 bridgehead atoms. The second-order valence-corrected chi connectivity index (χ2v) is 8.12. The fourth-order valence-electron chi connectivity index (χ4n) is 2.81. The molecular formula is C20H28N2O5S. The van der Waals surface area contributed by atoms with Crippen molar-refractivity contribution in [3.63, 3.8) is 0 Å². The lowest BCUT2D eigenvalue weighted by atomic mass is 10.1. The molecule has 0 aliphatic rings. The van der Waals surface area contributed by atoms with Gasteiger partial charge in [0, 0.05) is 12.6 Å². The maximum Gasteiger partial charge on any atom is 0.240 e. The van der Waals surface area contributed by atoms with Crippen LogP contribution < -0.4 is 18.9 Å². The van der Waals surface area contributed by atoms with Crippen molar-refractivity contribution in [2.45, 2.75) is 17.9 Å². The van der Waals surface area contributed by atoms with E-state index < -0.39 is 10.0 Å². The predicted octanol–water partition coefficient (Wildman–Crippen LogP) is 2.68. The van der Waals surface area contributed by atoms with Crippen LogP contribution in [0.1, 0.15) is 18.5 Å². The largest absolute Gasteiger partial charge is 0.494 e. The Hall–Kier alpha value is -2.29. The summed E-state index contributed by atoms with van der Waals surface area (Å²) >= 11 is 0. The molecule has 2 aromatic carbocycles. The van der Waals surface area contributed by atoms with Crippen molar-refractivity contribution in [1.82, 2.24) is 9.62 Å². The number of nitrogens with zero attached hydrogens (tertiary/aromatic N) is 1. The Kier molecular flexibility index (Phi) is 7.68. The van der Waals surface area contributed by atoms with E-state index in [4.69, 9.17) is 14.2 Å². The van der Waals surface area contributed by atoms with Gasteiger partial charge in [0.05, 0.1) is 25.7 Å². The summed E-state index contributed by atoms with van der Waals surface area (Å²) in [7, 11) is 3.29. The van der Waals surface area contributed by atoms with Crippen molar-refractivity contribution in [2.24, 2.45) is 0 Å². The van der Waals surface area contributed by atoms with E-state index in [9.17, 15) is 8.42 Å². The Labute approximate surface area is 167 Å². The first-order valence-electron chi connectivity index (χ1n) is 8.93. The maximum absolute atomic E-state index is 12.7. The molecule has 0 fully saturated rings. The monoisotopic (exact) mass is 408 g/mol. The van der Waals surface area contributed by atoms with Crippen molar-refractivity contribution in [2.75, 3.05) is 41.5 Å². The number of rotatable bonds is 10. The summed E-state index contributed by atoms with van der Waals surface area (Å²) in [5.41, 5.74) is 0.914. The zero-order valence-electron chi connectivity index (χ0n) is 16.9. The summed E-state index contributed by atoms with van der Waals surface area (Å²) < 4.78 is 44.0. The first-order chi connectivity index (χ1) is 13.3. The highest BCUT2D eigenvalue weighted by molar-refractivity contribution is 7.89. The third kappa shape index (κ3) is 5.37. The van der Waals surface area contributed by atoms with Crippen LogP contribution in [0.5, 0.6) is 17.2 Å². The molecule has 154 valence electrons. The van der Waals surface area contributed by atoms with Gasteiger partial charge in [-0.05, 0) is 63.0 Å². The SMILES string of the molecule is CCOc1ccc(S(=O)(=O)NC[C@H](c2ccc(OC)c(OC)c2)N(C)C)cc1. The maximum atomic E-state index is 12.7. The zero-order chi connectivity index (χ0) is 20.7. The van der Waals surface area contributed by atoms with Gasteiger partial charge in [0.1, 0.15) is 5.75 Å². The molecule has 0 heterocycles. The minimum atomic E-state index is -3.65. The fourth-order valence-corrected chi connectivity index (χ4v) is 3.85. The third-order valence-electron chi connectivity index (χ3n) is 4.33. The van der Waals surface area contributed by atoms with Crippen LogP contribution in [-0.4, -0.2) is 54.8 Å². The lowest BCUT2D eigenvalue weighted by molar-refractivity contribution is 0.297. The van der Waals surface area contributed by atoms with Crippen LogP contribution in [0.2, 0.25) is 0 Å². The molecule has 2 rings (SSSR count). The molecule has 0 aromatic heterocycles. The average molecular weight is 409 g/mol. The lowest BCUT2D eigenvalue weighted by Crippen LogP contribution is -2.34. The van der Waals surface area contributed by atoms with E-state index in [-0.39, 0.29) is 17.5 Å². The molecule has 8 heteroatoms. The number of likely N-dealkylation sites (N-methyl/N-ethyl adjacent to an activating group) is 1. The van der Waals surface area contributed by atoms with Crippen molar-refractivity contribution in [1.29, 1.82) is 0 Å². The van der Waals surface area contributed by atoms with Crippen molar-refractivity contribution < 1.29 is 22.6 Å². The van der Waals surface area contributed by atoms with Gasteiger partial charge in [0.25, 0.3) is 0 Å². The summed E-state index contributed by atoms with van der Waals surface area (Å²) in [6, 6.07) is 11.8. The Balaban J connectivity index is 2.18. The van der Waals surface area contributed by atoms with Gasteiger partial charge in [-0.15, -0.1) is 0 Å². The normalized spacial score (nSPS) is 12.6. The standard InChI is InChI=1S/C20H28N2O5S/c1-6-27-16-8-10-17(11-9-16)28(23,24)21-14-18(22(2)3)15-7-12-19(25-4)20(13-15)26-5/h7-13,18,21H,6,14H2,1-5H3/t18-/m1/s1. The van der Waals surface area contributed by atoms with Crippen LogP contribution in [0.25, 0.3) is 0 Å². The number of benzene rings is 2. The van der Waals surface area contributed by atoms with Gasteiger partial charge in [-0.2, -0.15) is 0 Å². The molecular weight excluding hydrogens is 380 g/mol. The van der Waals surface area contributed by atoms with Gasteiger partial charge in [0.2, 0.25) is 10.0 Å². The summed E-state index contributed by atoms with van der Waals surface area (Å²) in [6.07, 6.45) is 0. The van der Waals surface area contributed by atoms with Gasteiger partial charge >= 0.3 is 0 Å². The molecule has 0 aliphatic carbocycles. The highest BCUT2D eigenvalue weighted by Crippen LogP contribution is 2.31. The highest BCUT2D eigenvalue weighted by atomic mass is 32.2. The van der Waals surface area contributed by atoms with Crippen LogP contribution >= 0.6 is 0 Å². The highest BCUT2D eigenvalue weighted by Gasteiger charge is 2.21. The minimum absolute atomic E-state index is 0.183. The van der Waals surface area contributed by atoms with E-state index in [2.05, 4.69) is 4.72 Å². The molecule has 2 aromatic rings. The van der Waals surface area contributed by atoms with Crippen LogP contribution in [0.15, 0.2) is 47.4 Å². The van der Waals surface area contributed by atoms with Gasteiger partial charge < -0.3 is 19.1 Å². The molecule has 0 radical (unpaired) electrons. The number of sulfonamides is 1. The van der Waals surface area contributed by atoms with E-state index in [0.717, 1.165) is 5.56 Å². The summed E-state index contributed by atoms with van der Waals surface area (Å²) in [6.45, 7) is 2.61.